The van der Waals surface area contributed by atoms with Crippen molar-refractivity contribution in [1.82, 2.24) is 0 Å². The summed E-state index contributed by atoms with van der Waals surface area (Å²) in [6.07, 6.45) is 1.82. The van der Waals surface area contributed by atoms with E-state index >= 15 is 0 Å². The van der Waals surface area contributed by atoms with Crippen molar-refractivity contribution in [3.8, 4) is 0 Å². The molecule has 0 aliphatic rings. The van der Waals surface area contributed by atoms with Gasteiger partial charge in [0.15, 0.2) is 0 Å². The molecule has 70 valence electrons. The molecule has 0 radical (unpaired) electrons. The van der Waals surface area contributed by atoms with Crippen molar-refractivity contribution in [1.29, 1.82) is 0 Å². The summed E-state index contributed by atoms with van der Waals surface area (Å²) in [4.78, 5) is 11.5. The Labute approximate surface area is 83.5 Å². The molecule has 0 amide bonds. The molecule has 0 aromatic heterocycles. The smallest absolute Gasteiger partial charge is 0.219 e. The standard InChI is InChI=1S/C11H14OS/c1-7-5-8(2)10(9(3)6-7)11(12)13-4/h5-6H,1-4H3. The van der Waals surface area contributed by atoms with E-state index in [-0.39, 0.29) is 5.12 Å². The lowest BCUT2D eigenvalue weighted by Gasteiger charge is -2.08. The fourth-order valence-electron chi connectivity index (χ4n) is 1.60. The van der Waals surface area contributed by atoms with Gasteiger partial charge in [0.25, 0.3) is 0 Å². The van der Waals surface area contributed by atoms with Gasteiger partial charge in [0, 0.05) is 5.56 Å². The molecule has 2 heteroatoms. The van der Waals surface area contributed by atoms with Gasteiger partial charge in [-0.2, -0.15) is 0 Å². The van der Waals surface area contributed by atoms with Gasteiger partial charge in [-0.15, -0.1) is 0 Å². The summed E-state index contributed by atoms with van der Waals surface area (Å²) < 4.78 is 0. The average molecular weight is 194 g/mol. The van der Waals surface area contributed by atoms with E-state index in [0.29, 0.717) is 0 Å². The van der Waals surface area contributed by atoms with Crippen LogP contribution in [0, 0.1) is 20.8 Å². The molecule has 0 N–H and O–H groups in total. The highest BCUT2D eigenvalue weighted by molar-refractivity contribution is 8.13. The Hall–Kier alpha value is -0.760. The summed E-state index contributed by atoms with van der Waals surface area (Å²) in [5.41, 5.74) is 4.25. The number of benzene rings is 1. The van der Waals surface area contributed by atoms with E-state index < -0.39 is 0 Å². The van der Waals surface area contributed by atoms with Crippen LogP contribution in [0.4, 0.5) is 0 Å². The van der Waals surface area contributed by atoms with Crippen LogP contribution in [-0.2, 0) is 0 Å². The number of thioether (sulfide) groups is 1. The van der Waals surface area contributed by atoms with Crippen molar-refractivity contribution in [2.24, 2.45) is 0 Å². The average Bonchev–Trinajstić information content (AvgIpc) is 2.02. The minimum atomic E-state index is 0.162. The lowest BCUT2D eigenvalue weighted by molar-refractivity contribution is 0.108. The fourth-order valence-corrected chi connectivity index (χ4v) is 2.13. The largest absolute Gasteiger partial charge is 0.282 e. The molecule has 13 heavy (non-hydrogen) atoms. The second-order valence-corrected chi connectivity index (χ2v) is 4.04. The van der Waals surface area contributed by atoms with E-state index in [1.165, 1.54) is 17.3 Å². The van der Waals surface area contributed by atoms with Crippen molar-refractivity contribution in [2.45, 2.75) is 20.8 Å². The third kappa shape index (κ3) is 2.13. The van der Waals surface area contributed by atoms with Crippen molar-refractivity contribution in [2.75, 3.05) is 6.26 Å². The predicted molar refractivity (Wildman–Crippen MR) is 58.5 cm³/mol. The summed E-state index contributed by atoms with van der Waals surface area (Å²) in [5, 5.41) is 0.162. The van der Waals surface area contributed by atoms with Gasteiger partial charge in [0.05, 0.1) is 0 Å². The predicted octanol–water partition coefficient (Wildman–Crippen LogP) is 3.12. The van der Waals surface area contributed by atoms with E-state index in [9.17, 15) is 4.79 Å². The topological polar surface area (TPSA) is 17.1 Å². The first-order valence-corrected chi connectivity index (χ1v) is 5.45. The van der Waals surface area contributed by atoms with Crippen molar-refractivity contribution >= 4 is 16.9 Å². The number of rotatable bonds is 1. The van der Waals surface area contributed by atoms with Gasteiger partial charge in [-0.3, -0.25) is 4.79 Å². The van der Waals surface area contributed by atoms with E-state index in [2.05, 4.69) is 12.1 Å². The Morgan fingerprint density at radius 2 is 1.62 bits per heavy atom. The van der Waals surface area contributed by atoms with Crippen LogP contribution in [0.15, 0.2) is 12.1 Å². The minimum absolute atomic E-state index is 0.162. The molecule has 1 aromatic rings. The third-order valence-electron chi connectivity index (χ3n) is 2.07. The quantitative estimate of drug-likeness (QED) is 0.683. The first kappa shape index (κ1) is 10.3. The van der Waals surface area contributed by atoms with Crippen LogP contribution in [0.1, 0.15) is 27.0 Å². The Morgan fingerprint density at radius 1 is 1.15 bits per heavy atom. The number of hydrogen-bond donors (Lipinski definition) is 0. The summed E-state index contributed by atoms with van der Waals surface area (Å²) in [6, 6.07) is 4.10. The van der Waals surface area contributed by atoms with E-state index in [0.717, 1.165) is 16.7 Å². The maximum Gasteiger partial charge on any atom is 0.219 e. The Bertz CT molecular complexity index is 319. The second kappa shape index (κ2) is 3.97. The molecule has 0 spiro atoms. The van der Waals surface area contributed by atoms with Crippen molar-refractivity contribution in [3.05, 3.63) is 34.4 Å². The molecular formula is C11H14OS. The fraction of sp³-hybridized carbons (Fsp3) is 0.364. The summed E-state index contributed by atoms with van der Waals surface area (Å²) >= 11 is 1.27. The molecular weight excluding hydrogens is 180 g/mol. The van der Waals surface area contributed by atoms with Crippen molar-refractivity contribution < 1.29 is 4.79 Å². The maximum absolute atomic E-state index is 11.5. The maximum atomic E-state index is 11.5. The number of carbonyl (C=O) groups is 1. The monoisotopic (exact) mass is 194 g/mol. The normalized spacial score (nSPS) is 10.2. The highest BCUT2D eigenvalue weighted by Crippen LogP contribution is 2.20. The summed E-state index contributed by atoms with van der Waals surface area (Å²) in [7, 11) is 0. The Kier molecular flexibility index (Phi) is 3.15. The molecule has 0 aliphatic heterocycles. The van der Waals surface area contributed by atoms with E-state index in [1.54, 1.807) is 0 Å². The van der Waals surface area contributed by atoms with Gasteiger partial charge in [-0.25, -0.2) is 0 Å². The SMILES string of the molecule is CSC(=O)c1c(C)cc(C)cc1C. The van der Waals surface area contributed by atoms with Crippen LogP contribution in [0.5, 0.6) is 0 Å². The molecule has 1 aromatic carbocycles. The van der Waals surface area contributed by atoms with Gasteiger partial charge in [-0.05, 0) is 38.2 Å². The zero-order valence-electron chi connectivity index (χ0n) is 8.47. The molecule has 0 heterocycles. The van der Waals surface area contributed by atoms with Crippen molar-refractivity contribution in [3.63, 3.8) is 0 Å². The zero-order chi connectivity index (χ0) is 10.0. The summed E-state index contributed by atoms with van der Waals surface area (Å²) in [6.45, 7) is 6.03. The summed E-state index contributed by atoms with van der Waals surface area (Å²) in [5.74, 6) is 0. The first-order chi connectivity index (χ1) is 6.06. The van der Waals surface area contributed by atoms with Gasteiger partial charge >= 0.3 is 0 Å². The van der Waals surface area contributed by atoms with Crippen LogP contribution < -0.4 is 0 Å². The first-order valence-electron chi connectivity index (χ1n) is 4.22. The lowest BCUT2D eigenvalue weighted by atomic mass is 10.0. The third-order valence-corrected chi connectivity index (χ3v) is 2.64. The van der Waals surface area contributed by atoms with Gasteiger partial charge in [0.2, 0.25) is 5.12 Å². The van der Waals surface area contributed by atoms with Gasteiger partial charge < -0.3 is 0 Å². The Morgan fingerprint density at radius 3 is 2.00 bits per heavy atom. The minimum Gasteiger partial charge on any atom is -0.282 e. The number of hydrogen-bond acceptors (Lipinski definition) is 2. The van der Waals surface area contributed by atoms with Crippen LogP contribution in [-0.4, -0.2) is 11.4 Å². The highest BCUT2D eigenvalue weighted by atomic mass is 32.2. The van der Waals surface area contributed by atoms with E-state index in [4.69, 9.17) is 0 Å². The molecule has 0 atom stereocenters. The van der Waals surface area contributed by atoms with Gasteiger partial charge in [0.1, 0.15) is 0 Å². The zero-order valence-corrected chi connectivity index (χ0v) is 9.29. The molecule has 0 fully saturated rings. The van der Waals surface area contributed by atoms with Gasteiger partial charge in [-0.1, -0.05) is 29.5 Å². The molecule has 0 aliphatic carbocycles. The molecule has 0 saturated carbocycles. The van der Waals surface area contributed by atoms with Crippen LogP contribution in [0.25, 0.3) is 0 Å². The number of aryl methyl sites for hydroxylation is 3. The van der Waals surface area contributed by atoms with Crippen LogP contribution in [0.3, 0.4) is 0 Å². The molecule has 1 nitrogen and oxygen atoms in total. The molecule has 0 unspecified atom stereocenters. The van der Waals surface area contributed by atoms with E-state index in [1.807, 2.05) is 27.0 Å². The lowest BCUT2D eigenvalue weighted by Crippen LogP contribution is -2.00. The molecule has 1 rings (SSSR count). The number of carbonyl (C=O) groups excluding carboxylic acids is 1. The van der Waals surface area contributed by atoms with Crippen LogP contribution in [0.2, 0.25) is 0 Å². The molecule has 0 bridgehead atoms. The Balaban J connectivity index is 3.28. The second-order valence-electron chi connectivity index (χ2n) is 3.27. The molecule has 0 saturated heterocycles. The van der Waals surface area contributed by atoms with Crippen LogP contribution >= 0.6 is 11.8 Å². The highest BCUT2D eigenvalue weighted by Gasteiger charge is 2.10.